The van der Waals surface area contributed by atoms with Crippen molar-refractivity contribution in [3.63, 3.8) is 0 Å². The number of hydrogen-bond donors (Lipinski definition) is 1. The van der Waals surface area contributed by atoms with Crippen LogP contribution in [0.25, 0.3) is 5.69 Å². The SMILES string of the molecule is CCOC(=O)c1c(C)[nH]c(C(=O)CSc2nnc(C3COc4ccccc4O3)n2-c2ccccc2)c1C. The normalized spacial score (nSPS) is 14.4. The predicted molar refractivity (Wildman–Crippen MR) is 138 cm³/mol. The van der Waals surface area contributed by atoms with Crippen molar-refractivity contribution in [3.8, 4) is 17.2 Å². The van der Waals surface area contributed by atoms with Crippen molar-refractivity contribution in [2.24, 2.45) is 0 Å². The second-order valence-electron chi connectivity index (χ2n) is 8.43. The average Bonchev–Trinajstić information content (AvgIpc) is 3.47. The fourth-order valence-corrected chi connectivity index (χ4v) is 5.12. The fraction of sp³-hybridized carbons (Fsp3) is 0.259. The Morgan fingerprint density at radius 3 is 2.57 bits per heavy atom. The molecule has 0 aliphatic carbocycles. The van der Waals surface area contributed by atoms with E-state index in [2.05, 4.69) is 15.2 Å². The number of hydrogen-bond acceptors (Lipinski definition) is 8. The lowest BCUT2D eigenvalue weighted by atomic mass is 10.1. The summed E-state index contributed by atoms with van der Waals surface area (Å²) in [7, 11) is 0. The number of carbonyl (C=O) groups excluding carboxylic acids is 2. The van der Waals surface area contributed by atoms with Crippen LogP contribution >= 0.6 is 11.8 Å². The summed E-state index contributed by atoms with van der Waals surface area (Å²) in [6.07, 6.45) is -0.479. The van der Waals surface area contributed by atoms with E-state index in [-0.39, 0.29) is 24.7 Å². The summed E-state index contributed by atoms with van der Waals surface area (Å²) in [5, 5.41) is 9.36. The van der Waals surface area contributed by atoms with E-state index in [0.29, 0.717) is 45.0 Å². The van der Waals surface area contributed by atoms with Gasteiger partial charge in [0, 0.05) is 11.4 Å². The van der Waals surface area contributed by atoms with Crippen LogP contribution in [-0.4, -0.2) is 50.5 Å². The number of rotatable bonds is 8. The molecule has 3 heterocycles. The number of ketones is 1. The number of carbonyl (C=O) groups is 2. The monoisotopic (exact) mass is 518 g/mol. The minimum atomic E-state index is -0.479. The Bertz CT molecular complexity index is 1450. The number of aromatic nitrogens is 4. The third kappa shape index (κ3) is 4.84. The average molecular weight is 519 g/mol. The van der Waals surface area contributed by atoms with Gasteiger partial charge in [-0.1, -0.05) is 42.1 Å². The van der Waals surface area contributed by atoms with Crippen molar-refractivity contribution in [2.45, 2.75) is 32.0 Å². The maximum atomic E-state index is 13.2. The molecular weight excluding hydrogens is 492 g/mol. The summed E-state index contributed by atoms with van der Waals surface area (Å²) in [5.74, 6) is 1.40. The van der Waals surface area contributed by atoms with Gasteiger partial charge in [0.25, 0.3) is 0 Å². The van der Waals surface area contributed by atoms with Gasteiger partial charge in [-0.05, 0) is 50.6 Å². The van der Waals surface area contributed by atoms with Crippen molar-refractivity contribution in [3.05, 3.63) is 82.9 Å². The lowest BCUT2D eigenvalue weighted by Gasteiger charge is -2.26. The van der Waals surface area contributed by atoms with E-state index in [9.17, 15) is 9.59 Å². The van der Waals surface area contributed by atoms with E-state index in [1.54, 1.807) is 20.8 Å². The van der Waals surface area contributed by atoms with E-state index in [4.69, 9.17) is 14.2 Å². The second-order valence-corrected chi connectivity index (χ2v) is 9.38. The Labute approximate surface area is 218 Å². The Morgan fingerprint density at radius 1 is 1.08 bits per heavy atom. The number of esters is 1. The number of ether oxygens (including phenoxy) is 3. The molecule has 37 heavy (non-hydrogen) atoms. The number of benzene rings is 2. The van der Waals surface area contributed by atoms with Gasteiger partial charge in [-0.25, -0.2) is 4.79 Å². The molecule has 0 saturated heterocycles. The summed E-state index contributed by atoms with van der Waals surface area (Å²) in [6, 6.07) is 17.2. The van der Waals surface area contributed by atoms with Crippen LogP contribution in [0.15, 0.2) is 59.8 Å². The predicted octanol–water partition coefficient (Wildman–Crippen LogP) is 4.88. The van der Waals surface area contributed by atoms with Crippen LogP contribution in [0.1, 0.15) is 51.0 Å². The Morgan fingerprint density at radius 2 is 1.81 bits per heavy atom. The highest BCUT2D eigenvalue weighted by molar-refractivity contribution is 7.99. The summed E-state index contributed by atoms with van der Waals surface area (Å²) in [6.45, 7) is 5.80. The van der Waals surface area contributed by atoms with E-state index in [0.717, 1.165) is 5.69 Å². The van der Waals surface area contributed by atoms with Gasteiger partial charge in [0.05, 0.1) is 23.6 Å². The summed E-state index contributed by atoms with van der Waals surface area (Å²) in [5.41, 5.74) is 2.82. The minimum absolute atomic E-state index is 0.0961. The van der Waals surface area contributed by atoms with E-state index in [1.165, 1.54) is 11.8 Å². The molecule has 0 fully saturated rings. The number of nitrogens with one attached hydrogen (secondary N) is 1. The molecule has 2 aromatic carbocycles. The first-order chi connectivity index (χ1) is 18.0. The lowest BCUT2D eigenvalue weighted by molar-refractivity contribution is 0.0525. The van der Waals surface area contributed by atoms with Crippen LogP contribution in [0.3, 0.4) is 0 Å². The highest BCUT2D eigenvalue weighted by Gasteiger charge is 2.30. The first kappa shape index (κ1) is 24.6. The number of aryl methyl sites for hydroxylation is 1. The van der Waals surface area contributed by atoms with Gasteiger partial charge in [-0.15, -0.1) is 10.2 Å². The number of aromatic amines is 1. The maximum absolute atomic E-state index is 13.2. The third-order valence-electron chi connectivity index (χ3n) is 6.00. The van der Waals surface area contributed by atoms with Crippen LogP contribution in [0, 0.1) is 13.8 Å². The molecule has 4 aromatic rings. The Hall–Kier alpha value is -4.05. The van der Waals surface area contributed by atoms with Crippen molar-refractivity contribution in [2.75, 3.05) is 19.0 Å². The van der Waals surface area contributed by atoms with Crippen LogP contribution in [-0.2, 0) is 4.74 Å². The van der Waals surface area contributed by atoms with Crippen molar-refractivity contribution in [1.82, 2.24) is 19.7 Å². The second kappa shape index (κ2) is 10.5. The fourth-order valence-electron chi connectivity index (χ4n) is 4.29. The summed E-state index contributed by atoms with van der Waals surface area (Å²) < 4.78 is 19.1. The van der Waals surface area contributed by atoms with Gasteiger partial charge < -0.3 is 19.2 Å². The van der Waals surface area contributed by atoms with Crippen LogP contribution in [0.2, 0.25) is 0 Å². The molecule has 0 saturated carbocycles. The highest BCUT2D eigenvalue weighted by atomic mass is 32.2. The number of Topliss-reactive ketones (excluding diaryl/α,β-unsaturated/α-hetero) is 1. The number of thioether (sulfide) groups is 1. The molecule has 1 N–H and O–H groups in total. The third-order valence-corrected chi connectivity index (χ3v) is 6.93. The van der Waals surface area contributed by atoms with Gasteiger partial charge in [0.2, 0.25) is 0 Å². The Kier molecular flexibility index (Phi) is 7.00. The van der Waals surface area contributed by atoms with Crippen LogP contribution < -0.4 is 9.47 Å². The zero-order valence-corrected chi connectivity index (χ0v) is 21.5. The highest BCUT2D eigenvalue weighted by Crippen LogP contribution is 2.37. The molecule has 1 aliphatic heterocycles. The van der Waals surface area contributed by atoms with E-state index in [1.807, 2.05) is 59.2 Å². The molecule has 190 valence electrons. The molecule has 1 aliphatic rings. The van der Waals surface area contributed by atoms with Crippen molar-refractivity contribution < 1.29 is 23.8 Å². The van der Waals surface area contributed by atoms with Gasteiger partial charge in [-0.2, -0.15) is 0 Å². The van der Waals surface area contributed by atoms with E-state index < -0.39 is 12.1 Å². The molecule has 5 rings (SSSR count). The first-order valence-electron chi connectivity index (χ1n) is 11.9. The van der Waals surface area contributed by atoms with Crippen LogP contribution in [0.5, 0.6) is 11.5 Å². The molecular formula is C27H26N4O5S. The number of H-pyrrole nitrogens is 1. The zero-order chi connectivity index (χ0) is 25.9. The lowest BCUT2D eigenvalue weighted by Crippen LogP contribution is -2.24. The quantitative estimate of drug-likeness (QED) is 0.200. The van der Waals surface area contributed by atoms with E-state index >= 15 is 0 Å². The largest absolute Gasteiger partial charge is 0.485 e. The molecule has 9 nitrogen and oxygen atoms in total. The molecule has 1 atom stereocenters. The molecule has 2 aromatic heterocycles. The molecule has 0 radical (unpaired) electrons. The molecule has 0 spiro atoms. The van der Waals surface area contributed by atoms with Crippen LogP contribution in [0.4, 0.5) is 0 Å². The first-order valence-corrected chi connectivity index (χ1v) is 12.9. The smallest absolute Gasteiger partial charge is 0.340 e. The van der Waals surface area contributed by atoms with Crippen molar-refractivity contribution >= 4 is 23.5 Å². The number of fused-ring (bicyclic) bond motifs is 1. The topological polar surface area (TPSA) is 108 Å². The van der Waals surface area contributed by atoms with Gasteiger partial charge in [0.15, 0.2) is 34.4 Å². The van der Waals surface area contributed by atoms with Gasteiger partial charge in [-0.3, -0.25) is 9.36 Å². The molecule has 10 heteroatoms. The Balaban J connectivity index is 1.41. The summed E-state index contributed by atoms with van der Waals surface area (Å²) >= 11 is 1.27. The summed E-state index contributed by atoms with van der Waals surface area (Å²) in [4.78, 5) is 28.6. The maximum Gasteiger partial charge on any atom is 0.340 e. The minimum Gasteiger partial charge on any atom is -0.485 e. The van der Waals surface area contributed by atoms with Gasteiger partial charge in [0.1, 0.15) is 6.61 Å². The van der Waals surface area contributed by atoms with Crippen molar-refractivity contribution in [1.29, 1.82) is 0 Å². The van der Waals surface area contributed by atoms with Gasteiger partial charge >= 0.3 is 5.97 Å². The molecule has 0 amide bonds. The standard InChI is InChI=1S/C27H26N4O5S/c1-4-34-26(33)23-16(2)24(28-17(23)3)19(32)15-37-27-30-29-25(31(27)18-10-6-5-7-11-18)22-14-35-20-12-8-9-13-21(20)36-22/h5-13,22,28H,4,14-15H2,1-3H3. The molecule has 0 bridgehead atoms. The number of para-hydroxylation sites is 3. The number of nitrogens with zero attached hydrogens (tertiary/aromatic N) is 3. The zero-order valence-electron chi connectivity index (χ0n) is 20.7. The molecule has 1 unspecified atom stereocenters.